The maximum Gasteiger partial charge on any atom is 0.250 e. The lowest BCUT2D eigenvalue weighted by atomic mass is 10.2. The number of H-pyrrole nitrogens is 1. The molecule has 0 aromatic carbocycles. The van der Waals surface area contributed by atoms with E-state index in [-0.39, 0.29) is 5.56 Å². The molecular formula is C9H15N3O. The van der Waals surface area contributed by atoms with Crippen molar-refractivity contribution in [1.82, 2.24) is 15.3 Å². The van der Waals surface area contributed by atoms with Crippen LogP contribution in [0.25, 0.3) is 0 Å². The van der Waals surface area contributed by atoms with Gasteiger partial charge in [0.05, 0.1) is 12.0 Å². The second kappa shape index (κ2) is 4.77. The van der Waals surface area contributed by atoms with E-state index in [0.717, 1.165) is 12.2 Å². The lowest BCUT2D eigenvalue weighted by Crippen LogP contribution is -2.21. The van der Waals surface area contributed by atoms with Gasteiger partial charge in [0, 0.05) is 12.6 Å². The molecule has 0 saturated heterocycles. The first kappa shape index (κ1) is 9.92. The van der Waals surface area contributed by atoms with Gasteiger partial charge in [0.1, 0.15) is 0 Å². The van der Waals surface area contributed by atoms with Gasteiger partial charge in [-0.2, -0.15) is 0 Å². The summed E-state index contributed by atoms with van der Waals surface area (Å²) in [5.41, 5.74) is 0.681. The molecule has 0 aliphatic carbocycles. The number of hydrogen-bond acceptors (Lipinski definition) is 3. The second-order valence-corrected chi connectivity index (χ2v) is 3.43. The fraction of sp³-hybridized carbons (Fsp3) is 0.556. The van der Waals surface area contributed by atoms with Crippen LogP contribution < -0.4 is 10.9 Å². The van der Waals surface area contributed by atoms with Crippen molar-refractivity contribution in [3.8, 4) is 0 Å². The summed E-state index contributed by atoms with van der Waals surface area (Å²) in [6, 6.07) is 1.51. The third kappa shape index (κ3) is 3.85. The van der Waals surface area contributed by atoms with Crippen LogP contribution in [0, 0.1) is 5.92 Å². The normalized spacial score (nSPS) is 10.7. The molecule has 0 spiro atoms. The summed E-state index contributed by atoms with van der Waals surface area (Å²) < 4.78 is 0. The summed E-state index contributed by atoms with van der Waals surface area (Å²) in [5.74, 6) is 0.613. The van der Waals surface area contributed by atoms with Crippen LogP contribution in [0.4, 0.5) is 0 Å². The van der Waals surface area contributed by atoms with Crippen molar-refractivity contribution in [1.29, 1.82) is 0 Å². The Hall–Kier alpha value is -1.16. The Morgan fingerprint density at radius 1 is 1.62 bits per heavy atom. The largest absolute Gasteiger partial charge is 0.313 e. The highest BCUT2D eigenvalue weighted by molar-refractivity contribution is 4.97. The van der Waals surface area contributed by atoms with Crippen molar-refractivity contribution in [2.45, 2.75) is 20.4 Å². The Kier molecular flexibility index (Phi) is 3.64. The molecular weight excluding hydrogens is 166 g/mol. The summed E-state index contributed by atoms with van der Waals surface area (Å²) in [7, 11) is 0. The van der Waals surface area contributed by atoms with Gasteiger partial charge < -0.3 is 10.3 Å². The van der Waals surface area contributed by atoms with Crippen LogP contribution in [0.15, 0.2) is 17.2 Å². The maximum atomic E-state index is 10.9. The molecule has 0 amide bonds. The minimum absolute atomic E-state index is 0.101. The number of nitrogens with zero attached hydrogens (tertiary/aromatic N) is 1. The van der Waals surface area contributed by atoms with Crippen LogP contribution in [0.2, 0.25) is 0 Å². The van der Waals surface area contributed by atoms with Gasteiger partial charge >= 0.3 is 0 Å². The van der Waals surface area contributed by atoms with Gasteiger partial charge in [-0.3, -0.25) is 4.79 Å². The summed E-state index contributed by atoms with van der Waals surface area (Å²) in [6.07, 6.45) is 1.43. The molecule has 0 bridgehead atoms. The van der Waals surface area contributed by atoms with E-state index < -0.39 is 0 Å². The van der Waals surface area contributed by atoms with Crippen molar-refractivity contribution < 1.29 is 0 Å². The van der Waals surface area contributed by atoms with E-state index in [0.29, 0.717) is 12.5 Å². The van der Waals surface area contributed by atoms with Gasteiger partial charge in [-0.1, -0.05) is 13.8 Å². The van der Waals surface area contributed by atoms with Gasteiger partial charge in [0.2, 0.25) is 0 Å². The smallest absolute Gasteiger partial charge is 0.250 e. The molecule has 0 aliphatic rings. The van der Waals surface area contributed by atoms with Crippen molar-refractivity contribution in [3.63, 3.8) is 0 Å². The molecule has 4 heteroatoms. The van der Waals surface area contributed by atoms with Crippen LogP contribution in [-0.2, 0) is 6.54 Å². The average Bonchev–Trinajstić information content (AvgIpc) is 2.03. The molecule has 13 heavy (non-hydrogen) atoms. The topological polar surface area (TPSA) is 57.8 Å². The fourth-order valence-electron chi connectivity index (χ4n) is 0.995. The first-order chi connectivity index (χ1) is 6.18. The van der Waals surface area contributed by atoms with Gasteiger partial charge in [0.15, 0.2) is 0 Å². The standard InChI is InChI=1S/C9H15N3O/c1-7(2)4-10-5-8-3-9(13)12-6-11-8/h3,6-7,10H,4-5H2,1-2H3,(H,11,12,13). The van der Waals surface area contributed by atoms with Crippen LogP contribution >= 0.6 is 0 Å². The van der Waals surface area contributed by atoms with E-state index >= 15 is 0 Å². The number of nitrogens with one attached hydrogen (secondary N) is 2. The first-order valence-electron chi connectivity index (χ1n) is 4.43. The number of aromatic nitrogens is 2. The molecule has 1 heterocycles. The van der Waals surface area contributed by atoms with Crippen molar-refractivity contribution in [3.05, 3.63) is 28.4 Å². The van der Waals surface area contributed by atoms with E-state index in [2.05, 4.69) is 29.1 Å². The quantitative estimate of drug-likeness (QED) is 0.711. The van der Waals surface area contributed by atoms with E-state index in [1.165, 1.54) is 12.4 Å². The Morgan fingerprint density at radius 3 is 3.00 bits per heavy atom. The summed E-state index contributed by atoms with van der Waals surface area (Å²) in [5, 5.41) is 3.21. The minimum Gasteiger partial charge on any atom is -0.313 e. The zero-order chi connectivity index (χ0) is 9.68. The zero-order valence-corrected chi connectivity index (χ0v) is 8.00. The lowest BCUT2D eigenvalue weighted by molar-refractivity contribution is 0.547. The van der Waals surface area contributed by atoms with Gasteiger partial charge in [-0.25, -0.2) is 4.98 Å². The highest BCUT2D eigenvalue weighted by atomic mass is 16.1. The van der Waals surface area contributed by atoms with Gasteiger partial charge in [-0.15, -0.1) is 0 Å². The van der Waals surface area contributed by atoms with Gasteiger partial charge in [0.25, 0.3) is 5.56 Å². The average molecular weight is 181 g/mol. The monoisotopic (exact) mass is 181 g/mol. The van der Waals surface area contributed by atoms with Crippen LogP contribution in [0.1, 0.15) is 19.5 Å². The molecule has 0 atom stereocenters. The van der Waals surface area contributed by atoms with E-state index in [1.54, 1.807) is 0 Å². The molecule has 72 valence electrons. The summed E-state index contributed by atoms with van der Waals surface area (Å²) in [4.78, 5) is 17.4. The van der Waals surface area contributed by atoms with Gasteiger partial charge in [-0.05, 0) is 12.5 Å². The fourth-order valence-corrected chi connectivity index (χ4v) is 0.995. The molecule has 1 aromatic heterocycles. The Balaban J connectivity index is 2.41. The van der Waals surface area contributed by atoms with Crippen molar-refractivity contribution in [2.75, 3.05) is 6.54 Å². The number of hydrogen-bond donors (Lipinski definition) is 2. The lowest BCUT2D eigenvalue weighted by Gasteiger charge is -2.05. The van der Waals surface area contributed by atoms with Crippen LogP contribution in [0.5, 0.6) is 0 Å². The van der Waals surface area contributed by atoms with Crippen molar-refractivity contribution in [2.24, 2.45) is 5.92 Å². The number of rotatable bonds is 4. The summed E-state index contributed by atoms with van der Waals surface area (Å²) in [6.45, 7) is 5.87. The molecule has 0 fully saturated rings. The molecule has 2 N–H and O–H groups in total. The van der Waals surface area contributed by atoms with Crippen LogP contribution in [0.3, 0.4) is 0 Å². The molecule has 4 nitrogen and oxygen atoms in total. The van der Waals surface area contributed by atoms with Crippen molar-refractivity contribution >= 4 is 0 Å². The molecule has 1 rings (SSSR count). The molecule has 0 saturated carbocycles. The minimum atomic E-state index is -0.101. The molecule has 0 radical (unpaired) electrons. The Bertz CT molecular complexity index is 306. The predicted molar refractivity (Wildman–Crippen MR) is 51.4 cm³/mol. The van der Waals surface area contributed by atoms with E-state index in [1.807, 2.05) is 0 Å². The molecule has 0 aliphatic heterocycles. The molecule has 0 unspecified atom stereocenters. The first-order valence-corrected chi connectivity index (χ1v) is 4.43. The SMILES string of the molecule is CC(C)CNCc1cc(=O)[nH]cn1. The summed E-state index contributed by atoms with van der Waals surface area (Å²) >= 11 is 0. The Morgan fingerprint density at radius 2 is 2.38 bits per heavy atom. The number of aromatic amines is 1. The third-order valence-corrected chi connectivity index (χ3v) is 1.59. The zero-order valence-electron chi connectivity index (χ0n) is 8.00. The highest BCUT2D eigenvalue weighted by Gasteiger charge is 1.96. The molecule has 1 aromatic rings. The predicted octanol–water partition coefficient (Wildman–Crippen LogP) is 0.515. The Labute approximate surface area is 77.4 Å². The second-order valence-electron chi connectivity index (χ2n) is 3.43. The highest BCUT2D eigenvalue weighted by Crippen LogP contribution is 1.90. The van der Waals surface area contributed by atoms with E-state index in [4.69, 9.17) is 0 Å². The maximum absolute atomic E-state index is 10.9. The van der Waals surface area contributed by atoms with Crippen LogP contribution in [-0.4, -0.2) is 16.5 Å². The third-order valence-electron chi connectivity index (χ3n) is 1.59. The van der Waals surface area contributed by atoms with E-state index in [9.17, 15) is 4.79 Å².